The minimum Gasteiger partial charge on any atom is -0.344 e. The molecule has 0 atom stereocenters. The number of amides is 1. The monoisotopic (exact) mass is 349 g/mol. The maximum atomic E-state index is 13.9. The zero-order valence-electron chi connectivity index (χ0n) is 9.70. The average molecular weight is 350 g/mol. The number of aromatic nitrogens is 2. The van der Waals surface area contributed by atoms with Crippen molar-refractivity contribution in [3.8, 4) is 0 Å². The normalized spacial score (nSPS) is 11.7. The zero-order chi connectivity index (χ0) is 14.2. The number of nitrogens with zero attached hydrogens (tertiary/aromatic N) is 1. The zero-order valence-corrected chi connectivity index (χ0v) is 12.1. The average Bonchev–Trinajstić information content (AvgIpc) is 2.65. The lowest BCUT2D eigenvalue weighted by Crippen LogP contribution is -2.21. The van der Waals surface area contributed by atoms with Gasteiger partial charge in [-0.25, -0.2) is 17.8 Å². The highest BCUT2D eigenvalue weighted by Crippen LogP contribution is 2.28. The van der Waals surface area contributed by atoms with Crippen LogP contribution in [0.3, 0.4) is 0 Å². The molecule has 1 amide bonds. The Labute approximate surface area is 116 Å². The summed E-state index contributed by atoms with van der Waals surface area (Å²) in [5, 5.41) is 2.43. The van der Waals surface area contributed by atoms with Crippen molar-refractivity contribution in [2.24, 2.45) is 0 Å². The molecule has 0 aromatic carbocycles. The molecule has 0 spiro atoms. The molecule has 2 aromatic heterocycles. The van der Waals surface area contributed by atoms with Crippen LogP contribution < -0.4 is 5.32 Å². The Morgan fingerprint density at radius 1 is 1.58 bits per heavy atom. The van der Waals surface area contributed by atoms with Gasteiger partial charge in [0.2, 0.25) is 5.91 Å². The first kappa shape index (κ1) is 13.9. The van der Waals surface area contributed by atoms with Crippen LogP contribution in [0.2, 0.25) is 0 Å². The Bertz CT molecular complexity index is 757. The highest BCUT2D eigenvalue weighted by atomic mass is 79.9. The molecule has 0 aliphatic heterocycles. The predicted octanol–water partition coefficient (Wildman–Crippen LogP) is 1.45. The summed E-state index contributed by atoms with van der Waals surface area (Å²) in [6.07, 6.45) is 3.59. The van der Waals surface area contributed by atoms with Crippen molar-refractivity contribution in [1.82, 2.24) is 9.97 Å². The molecule has 0 radical (unpaired) electrons. The second kappa shape index (κ2) is 4.89. The Kier molecular flexibility index (Phi) is 3.59. The largest absolute Gasteiger partial charge is 0.344 e. The van der Waals surface area contributed by atoms with Crippen molar-refractivity contribution in [1.29, 1.82) is 0 Å². The second-order valence-electron chi connectivity index (χ2n) is 3.96. The first-order valence-electron chi connectivity index (χ1n) is 5.06. The Morgan fingerprint density at radius 3 is 2.89 bits per heavy atom. The van der Waals surface area contributed by atoms with Gasteiger partial charge >= 0.3 is 0 Å². The molecular weight excluding hydrogens is 341 g/mol. The quantitative estimate of drug-likeness (QED) is 0.876. The van der Waals surface area contributed by atoms with E-state index in [0.717, 1.165) is 6.26 Å². The number of hydrogen-bond acceptors (Lipinski definition) is 4. The summed E-state index contributed by atoms with van der Waals surface area (Å²) in [6.45, 7) is 0. The maximum Gasteiger partial charge on any atom is 0.239 e. The van der Waals surface area contributed by atoms with Gasteiger partial charge in [0.15, 0.2) is 15.7 Å². The van der Waals surface area contributed by atoms with E-state index in [9.17, 15) is 17.6 Å². The van der Waals surface area contributed by atoms with E-state index in [0.29, 0.717) is 0 Å². The third kappa shape index (κ3) is 3.10. The number of rotatable bonds is 3. The van der Waals surface area contributed by atoms with Gasteiger partial charge in [-0.1, -0.05) is 0 Å². The number of halogens is 2. The van der Waals surface area contributed by atoms with E-state index in [1.165, 1.54) is 12.4 Å². The number of pyridine rings is 1. The van der Waals surface area contributed by atoms with Crippen LogP contribution in [0, 0.1) is 5.82 Å². The summed E-state index contributed by atoms with van der Waals surface area (Å²) in [7, 11) is -3.44. The number of nitrogens with one attached hydrogen (secondary N) is 2. The summed E-state index contributed by atoms with van der Waals surface area (Å²) in [5.41, 5.74) is 0.408. The molecule has 0 bridgehead atoms. The van der Waals surface area contributed by atoms with Crippen LogP contribution in [0.15, 0.2) is 16.9 Å². The third-order valence-corrected chi connectivity index (χ3v) is 3.60. The van der Waals surface area contributed by atoms with Crippen LogP contribution in [-0.2, 0) is 14.6 Å². The van der Waals surface area contributed by atoms with Crippen LogP contribution in [0.1, 0.15) is 0 Å². The summed E-state index contributed by atoms with van der Waals surface area (Å²) in [5.74, 6) is -1.98. The van der Waals surface area contributed by atoms with Gasteiger partial charge in [-0.05, 0) is 15.9 Å². The van der Waals surface area contributed by atoms with Crippen molar-refractivity contribution in [3.05, 3.63) is 22.7 Å². The number of H-pyrrole nitrogens is 1. The minimum atomic E-state index is -3.44. The van der Waals surface area contributed by atoms with E-state index in [1.807, 2.05) is 0 Å². The van der Waals surface area contributed by atoms with Gasteiger partial charge in [0.1, 0.15) is 11.4 Å². The van der Waals surface area contributed by atoms with Crippen LogP contribution in [0.25, 0.3) is 11.0 Å². The minimum absolute atomic E-state index is 0.0937. The van der Waals surface area contributed by atoms with Crippen molar-refractivity contribution in [2.45, 2.75) is 0 Å². The van der Waals surface area contributed by atoms with Gasteiger partial charge in [-0.15, -0.1) is 0 Å². The molecule has 0 saturated heterocycles. The lowest BCUT2D eigenvalue weighted by Gasteiger charge is -2.03. The summed E-state index contributed by atoms with van der Waals surface area (Å²) in [4.78, 5) is 18.1. The molecule has 102 valence electrons. The molecule has 2 N–H and O–H groups in total. The molecule has 9 heteroatoms. The summed E-state index contributed by atoms with van der Waals surface area (Å²) >= 11 is 2.99. The fourth-order valence-electron chi connectivity index (χ4n) is 1.56. The maximum absolute atomic E-state index is 13.9. The first-order valence-corrected chi connectivity index (χ1v) is 7.92. The van der Waals surface area contributed by atoms with Gasteiger partial charge in [-0.3, -0.25) is 4.79 Å². The molecule has 6 nitrogen and oxygen atoms in total. The Hall–Kier alpha value is -1.48. The van der Waals surface area contributed by atoms with E-state index in [4.69, 9.17) is 0 Å². The van der Waals surface area contributed by atoms with Gasteiger partial charge in [0.25, 0.3) is 0 Å². The first-order chi connectivity index (χ1) is 8.78. The van der Waals surface area contributed by atoms with Gasteiger partial charge in [0.05, 0.1) is 15.5 Å². The SMILES string of the molecule is CS(=O)(=O)CC(=O)Nc1c[nH]c2ncc(Br)c(F)c12. The number of aromatic amines is 1. The number of sulfone groups is 1. The molecule has 0 unspecified atom stereocenters. The molecule has 2 heterocycles. The van der Waals surface area contributed by atoms with Crippen molar-refractivity contribution in [2.75, 3.05) is 17.3 Å². The summed E-state index contributed by atoms with van der Waals surface area (Å²) in [6, 6.07) is 0. The number of carbonyl (C=O) groups is 1. The van der Waals surface area contributed by atoms with E-state index in [2.05, 4.69) is 31.2 Å². The third-order valence-electron chi connectivity index (χ3n) is 2.26. The molecule has 2 rings (SSSR count). The number of fused-ring (bicyclic) bond motifs is 1. The lowest BCUT2D eigenvalue weighted by molar-refractivity contribution is -0.113. The summed E-state index contributed by atoms with van der Waals surface area (Å²) < 4.78 is 36.0. The number of carbonyl (C=O) groups excluding carboxylic acids is 1. The lowest BCUT2D eigenvalue weighted by atomic mass is 10.3. The van der Waals surface area contributed by atoms with E-state index >= 15 is 0 Å². The molecule has 19 heavy (non-hydrogen) atoms. The highest BCUT2D eigenvalue weighted by molar-refractivity contribution is 9.10. The van der Waals surface area contributed by atoms with Gasteiger partial charge in [0, 0.05) is 18.6 Å². The standard InChI is InChI=1S/C10H9BrFN3O3S/c1-19(17,18)4-7(16)15-6-3-14-10-8(6)9(12)5(11)2-13-10/h2-3H,4H2,1H3,(H,13,14)(H,15,16). The second-order valence-corrected chi connectivity index (χ2v) is 6.96. The van der Waals surface area contributed by atoms with E-state index in [-0.39, 0.29) is 21.2 Å². The van der Waals surface area contributed by atoms with Crippen molar-refractivity contribution in [3.63, 3.8) is 0 Å². The fourth-order valence-corrected chi connectivity index (χ4v) is 2.41. The Morgan fingerprint density at radius 2 is 2.26 bits per heavy atom. The molecule has 0 fully saturated rings. The van der Waals surface area contributed by atoms with E-state index in [1.54, 1.807) is 0 Å². The van der Waals surface area contributed by atoms with Crippen LogP contribution in [0.5, 0.6) is 0 Å². The topological polar surface area (TPSA) is 91.9 Å². The van der Waals surface area contributed by atoms with Crippen molar-refractivity contribution < 1.29 is 17.6 Å². The molecule has 0 aliphatic rings. The molecule has 0 saturated carbocycles. The van der Waals surface area contributed by atoms with Crippen LogP contribution in [0.4, 0.5) is 10.1 Å². The smallest absolute Gasteiger partial charge is 0.239 e. The van der Waals surface area contributed by atoms with Crippen LogP contribution in [-0.4, -0.2) is 36.3 Å². The molecular formula is C10H9BrFN3O3S. The van der Waals surface area contributed by atoms with E-state index < -0.39 is 27.3 Å². The van der Waals surface area contributed by atoms with Gasteiger partial charge < -0.3 is 10.3 Å². The van der Waals surface area contributed by atoms with Gasteiger partial charge in [-0.2, -0.15) is 0 Å². The van der Waals surface area contributed by atoms with Crippen molar-refractivity contribution >= 4 is 48.4 Å². The predicted molar refractivity (Wildman–Crippen MR) is 72.1 cm³/mol. The highest BCUT2D eigenvalue weighted by Gasteiger charge is 2.17. The number of anilines is 1. The molecule has 2 aromatic rings. The molecule has 0 aliphatic carbocycles. The fraction of sp³-hybridized carbons (Fsp3) is 0.200. The van der Waals surface area contributed by atoms with Crippen LogP contribution >= 0.6 is 15.9 Å². The number of hydrogen-bond donors (Lipinski definition) is 2. The Balaban J connectivity index is 2.36.